The normalized spacial score (nSPS) is 12.7. The molecule has 0 aliphatic rings. The molecule has 3 nitrogen and oxygen atoms in total. The summed E-state index contributed by atoms with van der Waals surface area (Å²) in [5, 5.41) is 0.926. The topological polar surface area (TPSA) is 54.7 Å². The maximum atomic E-state index is 5.82. The van der Waals surface area contributed by atoms with E-state index in [9.17, 15) is 0 Å². The molecular weight excluding hydrogens is 278 g/mol. The van der Waals surface area contributed by atoms with E-state index in [4.69, 9.17) is 5.73 Å². The van der Waals surface area contributed by atoms with Crippen LogP contribution < -0.4 is 5.73 Å². The van der Waals surface area contributed by atoms with Gasteiger partial charge in [0.2, 0.25) is 0 Å². The van der Waals surface area contributed by atoms with Crippen LogP contribution in [0.15, 0.2) is 52.5 Å². The van der Waals surface area contributed by atoms with Crippen LogP contribution >= 0.6 is 11.8 Å². The van der Waals surface area contributed by atoms with Crippen molar-refractivity contribution in [2.75, 3.05) is 0 Å². The largest absolute Gasteiger partial charge is 0.333 e. The van der Waals surface area contributed by atoms with Gasteiger partial charge in [0.15, 0.2) is 5.16 Å². The molecule has 21 heavy (non-hydrogen) atoms. The van der Waals surface area contributed by atoms with Crippen molar-refractivity contribution in [3.05, 3.63) is 53.6 Å². The van der Waals surface area contributed by atoms with E-state index in [-0.39, 0.29) is 6.04 Å². The Morgan fingerprint density at radius 3 is 2.67 bits per heavy atom. The van der Waals surface area contributed by atoms with Crippen molar-refractivity contribution in [3.63, 3.8) is 0 Å². The van der Waals surface area contributed by atoms with Crippen molar-refractivity contribution in [2.24, 2.45) is 5.73 Å². The number of nitrogens with zero attached hydrogens (tertiary/aromatic N) is 1. The molecular formula is C17H19N3S. The minimum atomic E-state index is 0.196. The molecule has 0 aliphatic heterocycles. The van der Waals surface area contributed by atoms with E-state index >= 15 is 0 Å². The van der Waals surface area contributed by atoms with E-state index in [2.05, 4.69) is 59.4 Å². The van der Waals surface area contributed by atoms with Crippen LogP contribution in [-0.4, -0.2) is 16.0 Å². The highest BCUT2D eigenvalue weighted by Gasteiger charge is 2.05. The predicted molar refractivity (Wildman–Crippen MR) is 88.7 cm³/mol. The summed E-state index contributed by atoms with van der Waals surface area (Å²) in [6.45, 7) is 4.11. The van der Waals surface area contributed by atoms with Crippen molar-refractivity contribution in [1.82, 2.24) is 9.97 Å². The number of H-pyrrole nitrogens is 1. The molecule has 108 valence electrons. The van der Waals surface area contributed by atoms with E-state index < -0.39 is 0 Å². The average Bonchev–Trinajstić information content (AvgIpc) is 2.82. The maximum absolute atomic E-state index is 5.82. The van der Waals surface area contributed by atoms with Gasteiger partial charge in [-0.1, -0.05) is 30.0 Å². The van der Waals surface area contributed by atoms with Gasteiger partial charge in [-0.25, -0.2) is 4.98 Å². The predicted octanol–water partition coefficient (Wildman–Crippen LogP) is 3.91. The summed E-state index contributed by atoms with van der Waals surface area (Å²) in [7, 11) is 0. The van der Waals surface area contributed by atoms with Crippen molar-refractivity contribution in [3.8, 4) is 0 Å². The molecule has 3 N–H and O–H groups in total. The van der Waals surface area contributed by atoms with Crippen LogP contribution in [0.3, 0.4) is 0 Å². The second-order valence-corrected chi connectivity index (χ2v) is 6.55. The molecule has 3 aromatic rings. The number of fused-ring (bicyclic) bond motifs is 1. The van der Waals surface area contributed by atoms with Gasteiger partial charge in [0.05, 0.1) is 11.0 Å². The zero-order chi connectivity index (χ0) is 14.8. The first-order valence-electron chi connectivity index (χ1n) is 7.09. The summed E-state index contributed by atoms with van der Waals surface area (Å²) >= 11 is 1.65. The second kappa shape index (κ2) is 5.92. The Balaban J connectivity index is 1.78. The third-order valence-corrected chi connectivity index (χ3v) is 4.21. The van der Waals surface area contributed by atoms with Crippen molar-refractivity contribution in [2.45, 2.75) is 36.4 Å². The molecule has 0 spiro atoms. The van der Waals surface area contributed by atoms with Crippen molar-refractivity contribution < 1.29 is 0 Å². The fourth-order valence-corrected chi connectivity index (χ4v) is 3.13. The Morgan fingerprint density at radius 1 is 1.19 bits per heavy atom. The van der Waals surface area contributed by atoms with Crippen LogP contribution in [-0.2, 0) is 6.42 Å². The molecule has 1 heterocycles. The molecule has 0 saturated carbocycles. The van der Waals surface area contributed by atoms with Crippen molar-refractivity contribution >= 4 is 22.8 Å². The van der Waals surface area contributed by atoms with Crippen LogP contribution in [0.5, 0.6) is 0 Å². The number of aromatic amines is 1. The minimum Gasteiger partial charge on any atom is -0.333 e. The highest BCUT2D eigenvalue weighted by atomic mass is 32.2. The SMILES string of the molecule is Cc1ccc2nc(Sc3ccc(CC(C)N)cc3)[nH]c2c1. The number of nitrogens with one attached hydrogen (secondary N) is 1. The van der Waals surface area contributed by atoms with Gasteiger partial charge < -0.3 is 10.7 Å². The van der Waals surface area contributed by atoms with E-state index in [0.717, 1.165) is 22.6 Å². The first-order chi connectivity index (χ1) is 10.1. The molecule has 0 amide bonds. The molecule has 0 radical (unpaired) electrons. The first kappa shape index (κ1) is 14.2. The standard InChI is InChI=1S/C17H19N3S/c1-11-3-8-15-16(9-11)20-17(19-15)21-14-6-4-13(5-7-14)10-12(2)18/h3-9,12H,10,18H2,1-2H3,(H,19,20). The van der Waals surface area contributed by atoms with Gasteiger partial charge in [0, 0.05) is 10.9 Å². The van der Waals surface area contributed by atoms with E-state index in [0.29, 0.717) is 0 Å². The number of aromatic nitrogens is 2. The number of nitrogens with two attached hydrogens (primary N) is 1. The number of benzene rings is 2. The summed E-state index contributed by atoms with van der Waals surface area (Å²) in [5.41, 5.74) is 10.4. The number of hydrogen-bond acceptors (Lipinski definition) is 3. The average molecular weight is 297 g/mol. The van der Waals surface area contributed by atoms with Gasteiger partial charge in [-0.2, -0.15) is 0 Å². The smallest absolute Gasteiger partial charge is 0.171 e. The van der Waals surface area contributed by atoms with Gasteiger partial charge in [-0.15, -0.1) is 0 Å². The molecule has 3 rings (SSSR count). The van der Waals surface area contributed by atoms with Gasteiger partial charge in [0.1, 0.15) is 0 Å². The molecule has 0 aliphatic carbocycles. The molecule has 2 aromatic carbocycles. The lowest BCUT2D eigenvalue weighted by Gasteiger charge is -2.05. The van der Waals surface area contributed by atoms with Gasteiger partial charge in [-0.05, 0) is 55.7 Å². The Kier molecular flexibility index (Phi) is 3.99. The quantitative estimate of drug-likeness (QED) is 0.767. The Bertz CT molecular complexity index is 744. The van der Waals surface area contributed by atoms with Crippen LogP contribution in [0.1, 0.15) is 18.1 Å². The van der Waals surface area contributed by atoms with Crippen LogP contribution in [0.2, 0.25) is 0 Å². The second-order valence-electron chi connectivity index (χ2n) is 5.49. The van der Waals surface area contributed by atoms with Crippen LogP contribution in [0, 0.1) is 6.92 Å². The lowest BCUT2D eigenvalue weighted by Crippen LogP contribution is -2.17. The van der Waals surface area contributed by atoms with Gasteiger partial charge >= 0.3 is 0 Å². The monoisotopic (exact) mass is 297 g/mol. The summed E-state index contributed by atoms with van der Waals surface area (Å²) in [6, 6.07) is 15.0. The minimum absolute atomic E-state index is 0.196. The highest BCUT2D eigenvalue weighted by molar-refractivity contribution is 7.99. The number of hydrogen-bond donors (Lipinski definition) is 2. The molecule has 0 bridgehead atoms. The summed E-state index contributed by atoms with van der Waals surface area (Å²) < 4.78 is 0. The molecule has 0 fully saturated rings. The van der Waals surface area contributed by atoms with E-state index in [1.165, 1.54) is 16.0 Å². The molecule has 1 unspecified atom stereocenters. The zero-order valence-electron chi connectivity index (χ0n) is 12.3. The van der Waals surface area contributed by atoms with Crippen LogP contribution in [0.25, 0.3) is 11.0 Å². The summed E-state index contributed by atoms with van der Waals surface area (Å²) in [5.74, 6) is 0. The third kappa shape index (κ3) is 3.46. The Labute approximate surface area is 129 Å². The summed E-state index contributed by atoms with van der Waals surface area (Å²) in [6.07, 6.45) is 0.912. The van der Waals surface area contributed by atoms with Gasteiger partial charge in [0.25, 0.3) is 0 Å². The Hall–Kier alpha value is -1.78. The van der Waals surface area contributed by atoms with E-state index in [1.807, 2.05) is 6.92 Å². The van der Waals surface area contributed by atoms with E-state index in [1.54, 1.807) is 11.8 Å². The fourth-order valence-electron chi connectivity index (χ4n) is 2.33. The summed E-state index contributed by atoms with van der Waals surface area (Å²) in [4.78, 5) is 9.15. The first-order valence-corrected chi connectivity index (χ1v) is 7.90. The number of imidazole rings is 1. The van der Waals surface area contributed by atoms with Crippen LogP contribution in [0.4, 0.5) is 0 Å². The molecule has 1 atom stereocenters. The lowest BCUT2D eigenvalue weighted by atomic mass is 10.1. The third-order valence-electron chi connectivity index (χ3n) is 3.31. The van der Waals surface area contributed by atoms with Gasteiger partial charge in [-0.3, -0.25) is 0 Å². The maximum Gasteiger partial charge on any atom is 0.171 e. The van der Waals surface area contributed by atoms with Crippen molar-refractivity contribution in [1.29, 1.82) is 0 Å². The fraction of sp³-hybridized carbons (Fsp3) is 0.235. The molecule has 4 heteroatoms. The number of rotatable bonds is 4. The lowest BCUT2D eigenvalue weighted by molar-refractivity contribution is 0.737. The molecule has 1 aromatic heterocycles. The number of aryl methyl sites for hydroxylation is 1. The highest BCUT2D eigenvalue weighted by Crippen LogP contribution is 2.27. The Morgan fingerprint density at radius 2 is 1.95 bits per heavy atom. The molecule has 0 saturated heterocycles. The zero-order valence-corrected chi connectivity index (χ0v) is 13.1.